The molecule has 0 saturated carbocycles. The van der Waals surface area contributed by atoms with E-state index in [4.69, 9.17) is 11.6 Å². The number of aryl methyl sites for hydroxylation is 2. The third-order valence-corrected chi connectivity index (χ3v) is 13.1. The van der Waals surface area contributed by atoms with Crippen molar-refractivity contribution in [1.29, 1.82) is 0 Å². The van der Waals surface area contributed by atoms with Gasteiger partial charge in [0.15, 0.2) is 0 Å². The summed E-state index contributed by atoms with van der Waals surface area (Å²) in [5.41, 5.74) is 4.62. The summed E-state index contributed by atoms with van der Waals surface area (Å²) in [6.07, 6.45) is 4.50. The van der Waals surface area contributed by atoms with E-state index in [0.29, 0.717) is 29.3 Å². The summed E-state index contributed by atoms with van der Waals surface area (Å²) in [6.45, 7) is 15.2. The van der Waals surface area contributed by atoms with E-state index in [2.05, 4.69) is 71.2 Å². The lowest BCUT2D eigenvalue weighted by Crippen LogP contribution is -2.49. The van der Waals surface area contributed by atoms with Crippen molar-refractivity contribution >= 4 is 74.8 Å². The summed E-state index contributed by atoms with van der Waals surface area (Å²) in [7, 11) is 1.75. The molecule has 3 N–H and O–H groups in total. The van der Waals surface area contributed by atoms with Crippen LogP contribution in [0.3, 0.4) is 0 Å². The van der Waals surface area contributed by atoms with E-state index in [1.807, 2.05) is 26.0 Å². The molecular formula is C42H52ClN11O4S. The van der Waals surface area contributed by atoms with Crippen molar-refractivity contribution in [3.05, 3.63) is 80.1 Å². The molecule has 3 aromatic heterocycles. The first-order valence-electron chi connectivity index (χ1n) is 20.5. The number of nitrogens with zero attached hydrogens (tertiary/aromatic N) is 8. The molecule has 3 fully saturated rings. The minimum Gasteiger partial charge on any atom is -0.371 e. The third-order valence-electron chi connectivity index (χ3n) is 12.0. The van der Waals surface area contributed by atoms with Gasteiger partial charge in [-0.1, -0.05) is 11.6 Å². The molecule has 5 aromatic rings. The standard InChI is InChI=1S/C42H52ClN11O4S/c1-26(2)53-38-29(22-32(43)40(53)57)24-44-41(48-38)46-33-7-6-31(21-27(33)3)59-45-13-16-50-17-19-51(20-18-50)25-28-11-14-52(15-12-28)30-5-8-34-36(23-30)49(4)42(58)54(34)35-9-10-37(55)47-39(35)56/h5-8,21-24,26,28,35,45H,9-20,25H2,1-4H3,(H,44,46,48)(H,47,55,56). The van der Waals surface area contributed by atoms with Crippen molar-refractivity contribution in [2.45, 2.75) is 63.4 Å². The summed E-state index contributed by atoms with van der Waals surface area (Å²) in [4.78, 5) is 68.0. The first-order valence-corrected chi connectivity index (χ1v) is 21.7. The van der Waals surface area contributed by atoms with E-state index in [9.17, 15) is 19.2 Å². The number of nitrogens with one attached hydrogen (secondary N) is 3. The number of imide groups is 1. The molecule has 3 saturated heterocycles. The van der Waals surface area contributed by atoms with Crippen LogP contribution in [-0.4, -0.2) is 104 Å². The Labute approximate surface area is 352 Å². The van der Waals surface area contributed by atoms with Gasteiger partial charge in [0, 0.05) is 106 Å². The number of hydrogen-bond acceptors (Lipinski definition) is 12. The number of piperidine rings is 2. The molecule has 0 aliphatic carbocycles. The Balaban J connectivity index is 0.758. The molecule has 59 heavy (non-hydrogen) atoms. The second-order valence-corrected chi connectivity index (χ2v) is 17.6. The van der Waals surface area contributed by atoms with Crippen LogP contribution in [0.15, 0.2) is 63.1 Å². The van der Waals surface area contributed by atoms with Gasteiger partial charge in [0.1, 0.15) is 16.7 Å². The molecule has 17 heteroatoms. The summed E-state index contributed by atoms with van der Waals surface area (Å²) in [5.74, 6) is 0.375. The number of halogens is 1. The van der Waals surface area contributed by atoms with Crippen molar-refractivity contribution < 1.29 is 9.59 Å². The predicted molar refractivity (Wildman–Crippen MR) is 234 cm³/mol. The van der Waals surface area contributed by atoms with Crippen LogP contribution in [0.5, 0.6) is 0 Å². The number of aromatic nitrogens is 5. The van der Waals surface area contributed by atoms with E-state index in [1.165, 1.54) is 0 Å². The molecule has 0 bridgehead atoms. The summed E-state index contributed by atoms with van der Waals surface area (Å²) in [5, 5.41) is 6.57. The second kappa shape index (κ2) is 17.5. The maximum absolute atomic E-state index is 13.2. The van der Waals surface area contributed by atoms with Crippen LogP contribution in [0.1, 0.15) is 57.2 Å². The molecule has 3 aliphatic rings. The van der Waals surface area contributed by atoms with Gasteiger partial charge >= 0.3 is 5.69 Å². The van der Waals surface area contributed by atoms with Crippen LogP contribution in [0.4, 0.5) is 17.3 Å². The molecule has 2 amide bonds. The monoisotopic (exact) mass is 841 g/mol. The fourth-order valence-electron chi connectivity index (χ4n) is 8.64. The SMILES string of the molecule is Cc1cc(SNCCN2CCN(CC3CCN(c4ccc5c(c4)n(C)c(=O)n5C4CCC(=O)NC4=O)CC3)CC2)ccc1Nc1ncc2cc(Cl)c(=O)n(C(C)C)c2n1. The highest BCUT2D eigenvalue weighted by Gasteiger charge is 2.32. The summed E-state index contributed by atoms with van der Waals surface area (Å²) >= 11 is 7.82. The predicted octanol–water partition coefficient (Wildman–Crippen LogP) is 4.84. The Morgan fingerprint density at radius 3 is 2.42 bits per heavy atom. The lowest BCUT2D eigenvalue weighted by atomic mass is 9.95. The maximum Gasteiger partial charge on any atom is 0.329 e. The number of piperazine rings is 1. The highest BCUT2D eigenvalue weighted by molar-refractivity contribution is 7.97. The van der Waals surface area contributed by atoms with Crippen molar-refractivity contribution in [2.75, 3.05) is 69.1 Å². The summed E-state index contributed by atoms with van der Waals surface area (Å²) in [6, 6.07) is 13.2. The van der Waals surface area contributed by atoms with Gasteiger partial charge in [-0.05, 0) is 106 Å². The van der Waals surface area contributed by atoms with Gasteiger partial charge in [-0.25, -0.2) is 9.78 Å². The number of carbonyl (C=O) groups excluding carboxylic acids is 2. The van der Waals surface area contributed by atoms with Gasteiger partial charge in [0.05, 0.1) is 11.0 Å². The molecule has 1 atom stereocenters. The van der Waals surface area contributed by atoms with Crippen LogP contribution in [0, 0.1) is 12.8 Å². The average molecular weight is 842 g/mol. The number of pyridine rings is 1. The van der Waals surface area contributed by atoms with Gasteiger partial charge in [-0.15, -0.1) is 0 Å². The molecule has 15 nitrogen and oxygen atoms in total. The molecular weight excluding hydrogens is 790 g/mol. The molecule has 3 aliphatic heterocycles. The maximum atomic E-state index is 13.2. The lowest BCUT2D eigenvalue weighted by molar-refractivity contribution is -0.135. The number of fused-ring (bicyclic) bond motifs is 2. The molecule has 8 rings (SSSR count). The quantitative estimate of drug-likeness (QED) is 0.0895. The van der Waals surface area contributed by atoms with E-state index >= 15 is 0 Å². The first-order chi connectivity index (χ1) is 28.4. The van der Waals surface area contributed by atoms with Gasteiger partial charge in [0.25, 0.3) is 5.56 Å². The second-order valence-electron chi connectivity index (χ2n) is 16.3. The topological polar surface area (TPSA) is 155 Å². The van der Waals surface area contributed by atoms with Gasteiger partial charge < -0.3 is 15.1 Å². The number of anilines is 3. The Hall–Kier alpha value is -4.74. The molecule has 0 radical (unpaired) electrons. The lowest BCUT2D eigenvalue weighted by Gasteiger charge is -2.39. The Kier molecular flexibility index (Phi) is 12.1. The Morgan fingerprint density at radius 2 is 1.69 bits per heavy atom. The van der Waals surface area contributed by atoms with Crippen LogP contribution in [0.25, 0.3) is 22.1 Å². The molecule has 2 aromatic carbocycles. The normalized spacial score (nSPS) is 18.7. The van der Waals surface area contributed by atoms with E-state index in [0.717, 1.165) is 105 Å². The number of amides is 2. The van der Waals surface area contributed by atoms with Crippen LogP contribution in [-0.2, 0) is 16.6 Å². The van der Waals surface area contributed by atoms with Crippen molar-refractivity contribution in [1.82, 2.24) is 43.5 Å². The zero-order chi connectivity index (χ0) is 41.4. The van der Waals surface area contributed by atoms with Crippen LogP contribution in [0.2, 0.25) is 5.02 Å². The fourth-order valence-corrected chi connectivity index (χ4v) is 9.58. The average Bonchev–Trinajstić information content (AvgIpc) is 3.46. The summed E-state index contributed by atoms with van der Waals surface area (Å²) < 4.78 is 8.29. The number of carbonyl (C=O) groups is 2. The van der Waals surface area contributed by atoms with Gasteiger partial charge in [-0.2, -0.15) is 4.98 Å². The minimum atomic E-state index is -0.677. The third kappa shape index (κ3) is 8.78. The fraction of sp³-hybridized carbons (Fsp3) is 0.476. The van der Waals surface area contributed by atoms with Crippen molar-refractivity contribution in [3.8, 4) is 0 Å². The van der Waals surface area contributed by atoms with Gasteiger partial charge in [-0.3, -0.25) is 43.0 Å². The highest BCUT2D eigenvalue weighted by atomic mass is 35.5. The van der Waals surface area contributed by atoms with Crippen molar-refractivity contribution in [3.63, 3.8) is 0 Å². The van der Waals surface area contributed by atoms with Gasteiger partial charge in [0.2, 0.25) is 17.8 Å². The Morgan fingerprint density at radius 1 is 0.932 bits per heavy atom. The number of hydrogen-bond donors (Lipinski definition) is 3. The van der Waals surface area contributed by atoms with E-state index in [-0.39, 0.29) is 34.6 Å². The Bertz CT molecular complexity index is 2500. The first kappa shape index (κ1) is 41.0. The van der Waals surface area contributed by atoms with Crippen LogP contribution >= 0.6 is 23.5 Å². The molecule has 312 valence electrons. The molecule has 0 spiro atoms. The molecule has 1 unspecified atom stereocenters. The van der Waals surface area contributed by atoms with Crippen molar-refractivity contribution in [2.24, 2.45) is 13.0 Å². The zero-order valence-corrected chi connectivity index (χ0v) is 35.6. The van der Waals surface area contributed by atoms with E-state index in [1.54, 1.807) is 45.0 Å². The number of rotatable bonds is 12. The van der Waals surface area contributed by atoms with E-state index < -0.39 is 11.9 Å². The number of imidazole rings is 1. The molecule has 6 heterocycles. The zero-order valence-electron chi connectivity index (χ0n) is 34.0. The number of benzene rings is 2. The minimum absolute atomic E-state index is 0.100. The smallest absolute Gasteiger partial charge is 0.329 e. The largest absolute Gasteiger partial charge is 0.371 e. The van der Waals surface area contributed by atoms with Crippen LogP contribution < -0.4 is 31.5 Å². The highest BCUT2D eigenvalue weighted by Crippen LogP contribution is 2.30.